The Morgan fingerprint density at radius 2 is 2.20 bits per heavy atom. The number of aryl methyl sites for hydroxylation is 3. The first-order chi connectivity index (χ1) is 12.2. The fourth-order valence-electron chi connectivity index (χ4n) is 2.73. The van der Waals surface area contributed by atoms with E-state index >= 15 is 0 Å². The molecule has 0 aliphatic carbocycles. The van der Waals surface area contributed by atoms with Crippen molar-refractivity contribution in [1.29, 1.82) is 0 Å². The average Bonchev–Trinajstić information content (AvgIpc) is 3.29. The molecule has 2 aromatic heterocycles. The maximum absolute atomic E-state index is 12.5. The summed E-state index contributed by atoms with van der Waals surface area (Å²) in [6.45, 7) is 5.58. The van der Waals surface area contributed by atoms with Gasteiger partial charge in [0.1, 0.15) is 11.9 Å². The van der Waals surface area contributed by atoms with Gasteiger partial charge in [0.15, 0.2) is 11.6 Å². The number of carbonyl (C=O) groups is 1. The predicted octanol–water partition coefficient (Wildman–Crippen LogP) is 1.24. The summed E-state index contributed by atoms with van der Waals surface area (Å²) in [5.41, 5.74) is 0. The summed E-state index contributed by atoms with van der Waals surface area (Å²) in [7, 11) is 0. The Morgan fingerprint density at radius 1 is 1.32 bits per heavy atom. The van der Waals surface area contributed by atoms with E-state index in [4.69, 9.17) is 9.26 Å². The van der Waals surface area contributed by atoms with Crippen molar-refractivity contribution < 1.29 is 14.1 Å². The monoisotopic (exact) mass is 348 g/mol. The van der Waals surface area contributed by atoms with E-state index in [1.807, 2.05) is 6.92 Å². The summed E-state index contributed by atoms with van der Waals surface area (Å²) in [5, 5.41) is 11.0. The minimum atomic E-state index is -0.284. The SMILES string of the molecule is CCCc1noc(CCC(=O)N2CCOC(c3n[nH]c(CC)n3)C2)n1. The van der Waals surface area contributed by atoms with Gasteiger partial charge in [-0.1, -0.05) is 19.0 Å². The highest BCUT2D eigenvalue weighted by Crippen LogP contribution is 2.20. The molecule has 0 saturated carbocycles. The van der Waals surface area contributed by atoms with Gasteiger partial charge in [0, 0.05) is 32.2 Å². The number of carbonyl (C=O) groups excluding carboxylic acids is 1. The summed E-state index contributed by atoms with van der Waals surface area (Å²) in [4.78, 5) is 23.0. The van der Waals surface area contributed by atoms with Crippen LogP contribution in [0.2, 0.25) is 0 Å². The molecule has 2 aromatic rings. The van der Waals surface area contributed by atoms with Crippen molar-refractivity contribution in [2.24, 2.45) is 0 Å². The minimum absolute atomic E-state index is 0.0507. The number of morpholine rings is 1. The van der Waals surface area contributed by atoms with Crippen molar-refractivity contribution in [3.63, 3.8) is 0 Å². The third-order valence-electron chi connectivity index (χ3n) is 4.13. The molecule has 136 valence electrons. The first-order valence-electron chi connectivity index (χ1n) is 8.81. The molecular weight excluding hydrogens is 324 g/mol. The number of aromatic nitrogens is 5. The van der Waals surface area contributed by atoms with Crippen LogP contribution in [0.15, 0.2) is 4.52 Å². The second-order valence-corrected chi connectivity index (χ2v) is 6.05. The zero-order valence-electron chi connectivity index (χ0n) is 14.7. The largest absolute Gasteiger partial charge is 0.366 e. The maximum atomic E-state index is 12.5. The lowest BCUT2D eigenvalue weighted by Crippen LogP contribution is -2.42. The number of H-pyrrole nitrogens is 1. The first kappa shape index (κ1) is 17.5. The molecule has 3 rings (SSSR count). The number of hydrogen-bond acceptors (Lipinski definition) is 7. The third-order valence-corrected chi connectivity index (χ3v) is 4.13. The Labute approximate surface area is 146 Å². The van der Waals surface area contributed by atoms with Crippen LogP contribution >= 0.6 is 0 Å². The predicted molar refractivity (Wildman–Crippen MR) is 87.6 cm³/mol. The number of aromatic amines is 1. The molecule has 0 spiro atoms. The molecule has 3 heterocycles. The Kier molecular flexibility index (Phi) is 5.75. The molecule has 9 heteroatoms. The Hall–Kier alpha value is -2.29. The van der Waals surface area contributed by atoms with Crippen molar-refractivity contribution in [1.82, 2.24) is 30.2 Å². The zero-order chi connectivity index (χ0) is 17.6. The summed E-state index contributed by atoms with van der Waals surface area (Å²) >= 11 is 0. The van der Waals surface area contributed by atoms with Crippen LogP contribution in [0.3, 0.4) is 0 Å². The Bertz CT molecular complexity index is 698. The van der Waals surface area contributed by atoms with Crippen LogP contribution in [0.5, 0.6) is 0 Å². The van der Waals surface area contributed by atoms with Crippen molar-refractivity contribution in [3.8, 4) is 0 Å². The highest BCUT2D eigenvalue weighted by atomic mass is 16.5. The molecule has 1 unspecified atom stereocenters. The molecule has 1 aliphatic rings. The summed E-state index contributed by atoms with van der Waals surface area (Å²) in [6.07, 6.45) is 3.06. The average molecular weight is 348 g/mol. The second-order valence-electron chi connectivity index (χ2n) is 6.05. The smallest absolute Gasteiger partial charge is 0.227 e. The number of hydrogen-bond donors (Lipinski definition) is 1. The van der Waals surface area contributed by atoms with Crippen LogP contribution in [-0.2, 0) is 28.8 Å². The zero-order valence-corrected chi connectivity index (χ0v) is 14.7. The number of nitrogens with one attached hydrogen (secondary N) is 1. The van der Waals surface area contributed by atoms with Crippen molar-refractivity contribution in [3.05, 3.63) is 23.4 Å². The van der Waals surface area contributed by atoms with Gasteiger partial charge in [0.25, 0.3) is 0 Å². The molecule has 25 heavy (non-hydrogen) atoms. The van der Waals surface area contributed by atoms with Gasteiger partial charge in [0.2, 0.25) is 11.8 Å². The lowest BCUT2D eigenvalue weighted by Gasteiger charge is -2.31. The standard InChI is InChI=1S/C16H24N6O3/c1-3-5-13-17-14(25-21-13)6-7-15(23)22-8-9-24-11(10-22)16-18-12(4-2)19-20-16/h11H,3-10H2,1-2H3,(H,18,19,20). The van der Waals surface area contributed by atoms with E-state index in [1.165, 1.54) is 0 Å². The molecule has 9 nitrogen and oxygen atoms in total. The van der Waals surface area contributed by atoms with Crippen LogP contribution in [0.25, 0.3) is 0 Å². The second kappa shape index (κ2) is 8.19. The van der Waals surface area contributed by atoms with Gasteiger partial charge < -0.3 is 14.2 Å². The summed E-state index contributed by atoms with van der Waals surface area (Å²) in [5.74, 6) is 2.70. The fourth-order valence-corrected chi connectivity index (χ4v) is 2.73. The quantitative estimate of drug-likeness (QED) is 0.801. The molecule has 1 fully saturated rings. The van der Waals surface area contributed by atoms with Crippen LogP contribution in [0.1, 0.15) is 56.2 Å². The lowest BCUT2D eigenvalue weighted by molar-refractivity contribution is -0.139. The van der Waals surface area contributed by atoms with Gasteiger partial charge in [-0.05, 0) is 6.42 Å². The van der Waals surface area contributed by atoms with E-state index in [9.17, 15) is 4.79 Å². The molecule has 0 radical (unpaired) electrons. The molecular formula is C16H24N6O3. The van der Waals surface area contributed by atoms with Gasteiger partial charge in [-0.3, -0.25) is 9.89 Å². The van der Waals surface area contributed by atoms with Gasteiger partial charge in [-0.15, -0.1) is 0 Å². The number of amides is 1. The molecule has 1 atom stereocenters. The molecule has 1 saturated heterocycles. The highest BCUT2D eigenvalue weighted by molar-refractivity contribution is 5.76. The van der Waals surface area contributed by atoms with Crippen molar-refractivity contribution in [2.75, 3.05) is 19.7 Å². The summed E-state index contributed by atoms with van der Waals surface area (Å²) in [6, 6.07) is 0. The van der Waals surface area contributed by atoms with Crippen LogP contribution in [-0.4, -0.2) is 55.8 Å². The molecule has 0 bridgehead atoms. The van der Waals surface area contributed by atoms with E-state index in [0.717, 1.165) is 25.1 Å². The van der Waals surface area contributed by atoms with E-state index in [2.05, 4.69) is 32.2 Å². The fraction of sp³-hybridized carbons (Fsp3) is 0.688. The van der Waals surface area contributed by atoms with E-state index in [1.54, 1.807) is 4.90 Å². The summed E-state index contributed by atoms with van der Waals surface area (Å²) < 4.78 is 10.9. The molecule has 0 aromatic carbocycles. The normalized spacial score (nSPS) is 17.8. The number of nitrogens with zero attached hydrogens (tertiary/aromatic N) is 5. The first-order valence-corrected chi connectivity index (χ1v) is 8.81. The number of rotatable bonds is 7. The maximum Gasteiger partial charge on any atom is 0.227 e. The topological polar surface area (TPSA) is 110 Å². The van der Waals surface area contributed by atoms with E-state index in [-0.39, 0.29) is 12.0 Å². The van der Waals surface area contributed by atoms with E-state index in [0.29, 0.717) is 50.1 Å². The van der Waals surface area contributed by atoms with Crippen LogP contribution in [0, 0.1) is 0 Å². The third kappa shape index (κ3) is 4.41. The Balaban J connectivity index is 1.52. The van der Waals surface area contributed by atoms with Gasteiger partial charge in [-0.25, -0.2) is 4.98 Å². The van der Waals surface area contributed by atoms with Crippen LogP contribution < -0.4 is 0 Å². The molecule has 1 N–H and O–H groups in total. The van der Waals surface area contributed by atoms with Gasteiger partial charge >= 0.3 is 0 Å². The number of ether oxygens (including phenoxy) is 1. The molecule has 1 aliphatic heterocycles. The van der Waals surface area contributed by atoms with Crippen molar-refractivity contribution >= 4 is 5.91 Å². The van der Waals surface area contributed by atoms with Crippen molar-refractivity contribution in [2.45, 2.75) is 52.1 Å². The minimum Gasteiger partial charge on any atom is -0.366 e. The highest BCUT2D eigenvalue weighted by Gasteiger charge is 2.28. The Morgan fingerprint density at radius 3 is 2.96 bits per heavy atom. The molecule has 1 amide bonds. The van der Waals surface area contributed by atoms with E-state index < -0.39 is 0 Å². The van der Waals surface area contributed by atoms with Crippen LogP contribution in [0.4, 0.5) is 0 Å². The van der Waals surface area contributed by atoms with Gasteiger partial charge in [-0.2, -0.15) is 10.1 Å². The van der Waals surface area contributed by atoms with Gasteiger partial charge in [0.05, 0.1) is 13.2 Å². The lowest BCUT2D eigenvalue weighted by atomic mass is 10.2.